The Labute approximate surface area is 203 Å². The Hall–Kier alpha value is -2.84. The van der Waals surface area contributed by atoms with Crippen molar-refractivity contribution in [1.29, 1.82) is 0 Å². The topological polar surface area (TPSA) is 165 Å². The molecule has 188 valence electrons. The molecule has 2 atom stereocenters. The Morgan fingerprint density at radius 2 is 1.71 bits per heavy atom. The van der Waals surface area contributed by atoms with E-state index >= 15 is 0 Å². The van der Waals surface area contributed by atoms with E-state index in [2.05, 4.69) is 28.5 Å². The fraction of sp³-hybridized carbons (Fsp3) is 0.522. The summed E-state index contributed by atoms with van der Waals surface area (Å²) >= 11 is 6.34. The third kappa shape index (κ3) is 10.4. The van der Waals surface area contributed by atoms with Crippen molar-refractivity contribution in [3.63, 3.8) is 0 Å². The molecule has 0 saturated carbocycles. The number of aliphatic hydroxyl groups is 2. The number of ether oxygens (including phenoxy) is 1. The van der Waals surface area contributed by atoms with E-state index < -0.39 is 35.8 Å². The summed E-state index contributed by atoms with van der Waals surface area (Å²) in [5.41, 5.74) is 3.01. The number of carbonyl (C=O) groups is 3. The summed E-state index contributed by atoms with van der Waals surface area (Å²) in [6, 6.07) is 4.02. The fourth-order valence-corrected chi connectivity index (χ4v) is 3.07. The molecule has 0 fully saturated rings. The van der Waals surface area contributed by atoms with Crippen molar-refractivity contribution in [3.8, 4) is 11.8 Å². The van der Waals surface area contributed by atoms with Crippen LogP contribution >= 0.6 is 11.6 Å². The number of nitrogens with one attached hydrogen (secondary N) is 2. The third-order valence-electron chi connectivity index (χ3n) is 4.42. The van der Waals surface area contributed by atoms with Crippen LogP contribution in [-0.2, 0) is 27.2 Å². The summed E-state index contributed by atoms with van der Waals surface area (Å²) in [7, 11) is 0. The van der Waals surface area contributed by atoms with Crippen LogP contribution < -0.4 is 10.6 Å². The molecule has 10 nitrogen and oxygen atoms in total. The Bertz CT molecular complexity index is 915. The molecule has 1 aromatic rings. The van der Waals surface area contributed by atoms with Gasteiger partial charge in [0, 0.05) is 18.5 Å². The van der Waals surface area contributed by atoms with E-state index in [0.717, 1.165) is 31.5 Å². The second kappa shape index (κ2) is 13.8. The molecule has 1 aliphatic rings. The van der Waals surface area contributed by atoms with E-state index in [1.807, 2.05) is 26.8 Å². The van der Waals surface area contributed by atoms with Crippen molar-refractivity contribution >= 4 is 29.6 Å². The summed E-state index contributed by atoms with van der Waals surface area (Å²) in [6.45, 7) is 7.90. The first-order valence-electron chi connectivity index (χ1n) is 10.6. The molecule has 11 heteroatoms. The molecule has 1 amide bonds. The lowest BCUT2D eigenvalue weighted by Crippen LogP contribution is -2.39. The number of amides is 1. The van der Waals surface area contributed by atoms with Crippen LogP contribution in [-0.4, -0.2) is 75.9 Å². The third-order valence-corrected chi connectivity index (χ3v) is 4.73. The van der Waals surface area contributed by atoms with Crippen LogP contribution in [0.5, 0.6) is 0 Å². The Morgan fingerprint density at radius 1 is 1.12 bits per heavy atom. The lowest BCUT2D eigenvalue weighted by Gasteiger charge is -2.19. The molecule has 1 heterocycles. The maximum atomic E-state index is 11.6. The van der Waals surface area contributed by atoms with Crippen molar-refractivity contribution in [1.82, 2.24) is 10.6 Å². The zero-order valence-corrected chi connectivity index (χ0v) is 20.1. The van der Waals surface area contributed by atoms with Crippen LogP contribution in [0.3, 0.4) is 0 Å². The number of rotatable bonds is 5. The van der Waals surface area contributed by atoms with Gasteiger partial charge in [-0.15, -0.1) is 0 Å². The standard InChI is InChI=1S/C19H25ClN2O2.C4H6O6/c1-19(2,3)24-18(23)22-11-5-4-6-16-15-10-13-21-12-9-14(15)7-8-17(16)20;5-1(3(7)8)2(6)4(9)10/h7-8,21H,5,9-13H2,1-3H3,(H,22,23);1-2,5-6H,(H,7,8)(H,9,10). The van der Waals surface area contributed by atoms with Crippen molar-refractivity contribution in [3.05, 3.63) is 33.8 Å². The largest absolute Gasteiger partial charge is 0.479 e. The first-order valence-corrected chi connectivity index (χ1v) is 11.0. The number of hydrogen-bond acceptors (Lipinski definition) is 7. The lowest BCUT2D eigenvalue weighted by molar-refractivity contribution is -0.165. The number of hydrogen-bond donors (Lipinski definition) is 6. The van der Waals surface area contributed by atoms with E-state index in [9.17, 15) is 14.4 Å². The van der Waals surface area contributed by atoms with Gasteiger partial charge in [0.1, 0.15) is 5.60 Å². The van der Waals surface area contributed by atoms with Gasteiger partial charge in [-0.25, -0.2) is 14.4 Å². The maximum absolute atomic E-state index is 11.6. The zero-order valence-electron chi connectivity index (χ0n) is 19.4. The summed E-state index contributed by atoms with van der Waals surface area (Å²) in [5.74, 6) is 2.76. The number of carboxylic acid groups (broad SMARTS) is 2. The number of fused-ring (bicyclic) bond motifs is 1. The number of carbonyl (C=O) groups excluding carboxylic acids is 1. The van der Waals surface area contributed by atoms with Crippen LogP contribution in [0.2, 0.25) is 5.02 Å². The van der Waals surface area contributed by atoms with Crippen molar-refractivity contribution in [2.24, 2.45) is 0 Å². The molecule has 0 radical (unpaired) electrons. The van der Waals surface area contributed by atoms with E-state index in [1.54, 1.807) is 0 Å². The second-order valence-electron chi connectivity index (χ2n) is 8.36. The Balaban J connectivity index is 0.000000489. The van der Waals surface area contributed by atoms with Gasteiger partial charge in [-0.3, -0.25) is 0 Å². The molecule has 34 heavy (non-hydrogen) atoms. The molecule has 6 N–H and O–H groups in total. The highest BCUT2D eigenvalue weighted by Crippen LogP contribution is 2.24. The molecule has 0 aromatic heterocycles. The summed E-state index contributed by atoms with van der Waals surface area (Å²) in [5, 5.41) is 39.3. The minimum absolute atomic E-state index is 0.415. The van der Waals surface area contributed by atoms with Gasteiger partial charge in [-0.1, -0.05) is 29.5 Å². The molecule has 0 aliphatic carbocycles. The molecule has 2 unspecified atom stereocenters. The number of alkyl carbamates (subject to hydrolysis) is 1. The fourth-order valence-electron chi connectivity index (χ4n) is 2.84. The highest BCUT2D eigenvalue weighted by atomic mass is 35.5. The van der Waals surface area contributed by atoms with Crippen LogP contribution in [0.1, 0.15) is 43.9 Å². The highest BCUT2D eigenvalue weighted by Gasteiger charge is 2.29. The predicted octanol–water partition coefficient (Wildman–Crippen LogP) is 1.17. The number of aliphatic hydroxyl groups excluding tert-OH is 2. The van der Waals surface area contributed by atoms with E-state index in [-0.39, 0.29) is 0 Å². The van der Waals surface area contributed by atoms with Crippen molar-refractivity contribution in [2.75, 3.05) is 19.6 Å². The second-order valence-corrected chi connectivity index (χ2v) is 8.76. The maximum Gasteiger partial charge on any atom is 0.407 e. The van der Waals surface area contributed by atoms with E-state index in [0.29, 0.717) is 18.0 Å². The first kappa shape index (κ1) is 29.2. The summed E-state index contributed by atoms with van der Waals surface area (Å²) in [4.78, 5) is 31.1. The molecule has 0 saturated heterocycles. The van der Waals surface area contributed by atoms with Gasteiger partial charge < -0.3 is 35.8 Å². The van der Waals surface area contributed by atoms with Crippen LogP contribution in [0.4, 0.5) is 4.79 Å². The smallest absolute Gasteiger partial charge is 0.407 e. The average Bonchev–Trinajstić information content (AvgIpc) is 2.98. The van der Waals surface area contributed by atoms with Crippen LogP contribution in [0, 0.1) is 11.8 Å². The van der Waals surface area contributed by atoms with Crippen LogP contribution in [0.15, 0.2) is 12.1 Å². The monoisotopic (exact) mass is 498 g/mol. The van der Waals surface area contributed by atoms with Gasteiger partial charge in [0.2, 0.25) is 0 Å². The lowest BCUT2D eigenvalue weighted by atomic mass is 9.97. The SMILES string of the molecule is CC(C)(C)OC(=O)NCCC#Cc1c(Cl)ccc2c1CCNCC2.O=C(O)C(O)C(O)C(=O)O. The van der Waals surface area contributed by atoms with Crippen molar-refractivity contribution < 1.29 is 39.5 Å². The molecule has 0 spiro atoms. The number of halogens is 1. The molecular weight excluding hydrogens is 468 g/mol. The van der Waals surface area contributed by atoms with Gasteiger partial charge in [-0.2, -0.15) is 0 Å². The van der Waals surface area contributed by atoms with Crippen molar-refractivity contribution in [2.45, 2.75) is 57.8 Å². The molecular formula is C23H31ClN2O8. The number of aliphatic carboxylic acids is 2. The predicted molar refractivity (Wildman–Crippen MR) is 125 cm³/mol. The minimum Gasteiger partial charge on any atom is -0.479 e. The minimum atomic E-state index is -2.27. The normalized spacial score (nSPS) is 14.5. The van der Waals surface area contributed by atoms with Gasteiger partial charge >= 0.3 is 18.0 Å². The quantitative estimate of drug-likeness (QED) is 0.258. The zero-order chi connectivity index (χ0) is 25.9. The number of carboxylic acids is 2. The van der Waals surface area contributed by atoms with E-state index in [4.69, 9.17) is 36.8 Å². The first-order chi connectivity index (χ1) is 15.8. The average molecular weight is 499 g/mol. The molecule has 0 bridgehead atoms. The molecule has 1 aromatic carbocycles. The summed E-state index contributed by atoms with van der Waals surface area (Å²) < 4.78 is 5.18. The van der Waals surface area contributed by atoms with Gasteiger partial charge in [0.05, 0.1) is 5.02 Å². The number of benzene rings is 1. The Kier molecular flexibility index (Phi) is 11.8. The van der Waals surface area contributed by atoms with Gasteiger partial charge in [0.25, 0.3) is 0 Å². The van der Waals surface area contributed by atoms with E-state index in [1.165, 1.54) is 11.1 Å². The highest BCUT2D eigenvalue weighted by molar-refractivity contribution is 6.31. The summed E-state index contributed by atoms with van der Waals surface area (Å²) in [6.07, 6.45) is -2.45. The van der Waals surface area contributed by atoms with Crippen LogP contribution in [0.25, 0.3) is 0 Å². The molecule has 2 rings (SSSR count). The van der Waals surface area contributed by atoms with Gasteiger partial charge in [0.15, 0.2) is 12.2 Å². The van der Waals surface area contributed by atoms with Gasteiger partial charge in [-0.05, 0) is 63.9 Å². The Morgan fingerprint density at radius 3 is 2.26 bits per heavy atom. The molecule has 1 aliphatic heterocycles.